The topological polar surface area (TPSA) is 79.2 Å². The third-order valence-corrected chi connectivity index (χ3v) is 3.59. The smallest absolute Gasteiger partial charge is 0.259 e. The molecule has 3 aromatic rings. The maximum atomic E-state index is 12.5. The zero-order chi connectivity index (χ0) is 15.7. The van der Waals surface area contributed by atoms with Crippen LogP contribution in [0.3, 0.4) is 0 Å². The minimum Gasteiger partial charge on any atom is -0.364 e. The van der Waals surface area contributed by atoms with Crippen LogP contribution in [0, 0.1) is 6.92 Å². The van der Waals surface area contributed by atoms with E-state index in [9.17, 15) is 9.59 Å². The van der Waals surface area contributed by atoms with E-state index >= 15 is 0 Å². The van der Waals surface area contributed by atoms with E-state index in [1.54, 1.807) is 25.2 Å². The molecule has 0 fully saturated rings. The van der Waals surface area contributed by atoms with E-state index in [4.69, 9.17) is 4.52 Å². The van der Waals surface area contributed by atoms with Crippen molar-refractivity contribution >= 4 is 16.8 Å². The number of nitrogens with one attached hydrogen (secondary N) is 1. The minimum absolute atomic E-state index is 0.115. The number of carbonyl (C=O) groups excluding carboxylic acids is 1. The Kier molecular flexibility index (Phi) is 3.50. The summed E-state index contributed by atoms with van der Waals surface area (Å²) in [7, 11) is 1.62. The molecule has 0 spiro atoms. The molecule has 2 aromatic heterocycles. The third kappa shape index (κ3) is 2.39. The molecule has 0 aliphatic heterocycles. The van der Waals surface area contributed by atoms with Crippen LogP contribution in [0.25, 0.3) is 10.9 Å². The van der Waals surface area contributed by atoms with Gasteiger partial charge >= 0.3 is 0 Å². The lowest BCUT2D eigenvalue weighted by atomic mass is 10.1. The number of carbonyl (C=O) groups is 1. The maximum Gasteiger partial charge on any atom is 0.259 e. The van der Waals surface area contributed by atoms with Crippen LogP contribution < -0.4 is 5.43 Å². The Labute approximate surface area is 126 Å². The summed E-state index contributed by atoms with van der Waals surface area (Å²) in [6.45, 7) is 2.19. The quantitative estimate of drug-likeness (QED) is 0.803. The van der Waals surface area contributed by atoms with Crippen LogP contribution in [-0.2, 0) is 6.54 Å². The molecule has 0 radical (unpaired) electrons. The number of H-pyrrole nitrogens is 1. The van der Waals surface area contributed by atoms with Gasteiger partial charge in [-0.15, -0.1) is 0 Å². The van der Waals surface area contributed by atoms with E-state index in [2.05, 4.69) is 10.1 Å². The van der Waals surface area contributed by atoms with Gasteiger partial charge in [0.25, 0.3) is 5.91 Å². The van der Waals surface area contributed by atoms with Crippen molar-refractivity contribution in [2.45, 2.75) is 13.5 Å². The Balaban J connectivity index is 1.97. The van der Waals surface area contributed by atoms with Crippen LogP contribution in [0.15, 0.2) is 46.0 Å². The second-order valence-electron chi connectivity index (χ2n) is 5.18. The van der Waals surface area contributed by atoms with E-state index < -0.39 is 0 Å². The van der Waals surface area contributed by atoms with Gasteiger partial charge in [0, 0.05) is 24.7 Å². The van der Waals surface area contributed by atoms with Gasteiger partial charge < -0.3 is 14.4 Å². The van der Waals surface area contributed by atoms with Crippen LogP contribution >= 0.6 is 0 Å². The van der Waals surface area contributed by atoms with E-state index in [0.717, 1.165) is 11.1 Å². The summed E-state index contributed by atoms with van der Waals surface area (Å²) in [5.74, 6) is -0.354. The summed E-state index contributed by atoms with van der Waals surface area (Å²) < 4.78 is 4.74. The first-order valence-corrected chi connectivity index (χ1v) is 6.83. The van der Waals surface area contributed by atoms with Gasteiger partial charge in [-0.2, -0.15) is 0 Å². The predicted octanol–water partition coefficient (Wildman–Crippen LogP) is 2.10. The normalized spacial score (nSPS) is 10.8. The molecule has 112 valence electrons. The SMILES string of the molecule is Cc1cccc2c(=O)c(C(=O)N(C)Cc3ccon3)c[nH]c12. The molecule has 0 bridgehead atoms. The van der Waals surface area contributed by atoms with Crippen molar-refractivity contribution in [3.63, 3.8) is 0 Å². The lowest BCUT2D eigenvalue weighted by Gasteiger charge is -2.15. The van der Waals surface area contributed by atoms with Gasteiger partial charge in [0.1, 0.15) is 17.5 Å². The summed E-state index contributed by atoms with van der Waals surface area (Å²) >= 11 is 0. The molecule has 6 heteroatoms. The lowest BCUT2D eigenvalue weighted by Crippen LogP contribution is -2.30. The molecule has 0 saturated heterocycles. The fourth-order valence-corrected chi connectivity index (χ4v) is 2.40. The van der Waals surface area contributed by atoms with Crippen molar-refractivity contribution in [1.82, 2.24) is 15.0 Å². The average molecular weight is 297 g/mol. The van der Waals surface area contributed by atoms with Gasteiger partial charge in [-0.25, -0.2) is 0 Å². The molecule has 1 aromatic carbocycles. The highest BCUT2D eigenvalue weighted by atomic mass is 16.5. The second-order valence-corrected chi connectivity index (χ2v) is 5.18. The molecule has 22 heavy (non-hydrogen) atoms. The monoisotopic (exact) mass is 297 g/mol. The number of aryl methyl sites for hydroxylation is 1. The highest BCUT2D eigenvalue weighted by Crippen LogP contribution is 2.13. The number of hydrogen-bond acceptors (Lipinski definition) is 4. The van der Waals surface area contributed by atoms with Crippen molar-refractivity contribution < 1.29 is 9.32 Å². The summed E-state index contributed by atoms with van der Waals surface area (Å²) in [4.78, 5) is 29.5. The van der Waals surface area contributed by atoms with Crippen LogP contribution in [0.5, 0.6) is 0 Å². The van der Waals surface area contributed by atoms with Gasteiger partial charge in [0.05, 0.1) is 12.1 Å². The largest absolute Gasteiger partial charge is 0.364 e. The van der Waals surface area contributed by atoms with E-state index in [1.807, 2.05) is 13.0 Å². The van der Waals surface area contributed by atoms with Crippen molar-refractivity contribution in [2.75, 3.05) is 7.05 Å². The highest BCUT2D eigenvalue weighted by Gasteiger charge is 2.18. The van der Waals surface area contributed by atoms with E-state index in [0.29, 0.717) is 11.1 Å². The first-order chi connectivity index (χ1) is 10.6. The van der Waals surface area contributed by atoms with E-state index in [1.165, 1.54) is 17.4 Å². The van der Waals surface area contributed by atoms with Crippen LogP contribution in [-0.4, -0.2) is 28.0 Å². The Hall–Kier alpha value is -2.89. The lowest BCUT2D eigenvalue weighted by molar-refractivity contribution is 0.0780. The zero-order valence-corrected chi connectivity index (χ0v) is 12.3. The number of amides is 1. The second kappa shape index (κ2) is 5.48. The first kappa shape index (κ1) is 14.1. The highest BCUT2D eigenvalue weighted by molar-refractivity contribution is 5.97. The fourth-order valence-electron chi connectivity index (χ4n) is 2.40. The number of aromatic nitrogens is 2. The number of fused-ring (bicyclic) bond motifs is 1. The van der Waals surface area contributed by atoms with Gasteiger partial charge in [-0.05, 0) is 18.6 Å². The summed E-state index contributed by atoms with van der Waals surface area (Å²) in [6, 6.07) is 7.12. The fraction of sp³-hybridized carbons (Fsp3) is 0.188. The number of para-hydroxylation sites is 1. The molecule has 0 aliphatic carbocycles. The van der Waals surface area contributed by atoms with Crippen LogP contribution in [0.1, 0.15) is 21.6 Å². The molecule has 3 rings (SSSR count). The minimum atomic E-state index is -0.354. The summed E-state index contributed by atoms with van der Waals surface area (Å²) in [5.41, 5.74) is 2.19. The Morgan fingerprint density at radius 1 is 1.36 bits per heavy atom. The van der Waals surface area contributed by atoms with Gasteiger partial charge in [-0.1, -0.05) is 17.3 Å². The molecule has 0 saturated carbocycles. The Morgan fingerprint density at radius 3 is 2.91 bits per heavy atom. The molecule has 0 atom stereocenters. The summed E-state index contributed by atoms with van der Waals surface area (Å²) in [5, 5.41) is 4.28. The zero-order valence-electron chi connectivity index (χ0n) is 12.3. The first-order valence-electron chi connectivity index (χ1n) is 6.83. The molecular formula is C16H15N3O3. The van der Waals surface area contributed by atoms with Crippen molar-refractivity contribution in [3.8, 4) is 0 Å². The molecule has 1 amide bonds. The van der Waals surface area contributed by atoms with Crippen molar-refractivity contribution in [2.24, 2.45) is 0 Å². The number of rotatable bonds is 3. The number of hydrogen-bond donors (Lipinski definition) is 1. The molecule has 2 heterocycles. The average Bonchev–Trinajstić information content (AvgIpc) is 3.01. The van der Waals surface area contributed by atoms with Crippen molar-refractivity contribution in [3.05, 3.63) is 63.8 Å². The van der Waals surface area contributed by atoms with Crippen LogP contribution in [0.2, 0.25) is 0 Å². The molecule has 6 nitrogen and oxygen atoms in total. The van der Waals surface area contributed by atoms with Gasteiger partial charge in [-0.3, -0.25) is 9.59 Å². The van der Waals surface area contributed by atoms with Crippen molar-refractivity contribution in [1.29, 1.82) is 0 Å². The number of benzene rings is 1. The molecular weight excluding hydrogens is 282 g/mol. The Bertz CT molecular complexity index is 881. The summed E-state index contributed by atoms with van der Waals surface area (Å²) in [6.07, 6.45) is 2.92. The standard InChI is InChI=1S/C16H15N3O3/c1-10-4-3-5-12-14(10)17-8-13(15(12)20)16(21)19(2)9-11-6-7-22-18-11/h3-8H,9H2,1-2H3,(H,17,20). The number of pyridine rings is 1. The number of aromatic amines is 1. The number of nitrogens with zero attached hydrogens (tertiary/aromatic N) is 2. The third-order valence-electron chi connectivity index (χ3n) is 3.59. The molecule has 0 aliphatic rings. The molecule has 1 N–H and O–H groups in total. The Morgan fingerprint density at radius 2 is 2.18 bits per heavy atom. The maximum absolute atomic E-state index is 12.5. The van der Waals surface area contributed by atoms with Crippen LogP contribution in [0.4, 0.5) is 0 Å². The van der Waals surface area contributed by atoms with Gasteiger partial charge in [0.2, 0.25) is 5.43 Å². The molecule has 0 unspecified atom stereocenters. The van der Waals surface area contributed by atoms with Gasteiger partial charge in [0.15, 0.2) is 0 Å². The van der Waals surface area contributed by atoms with E-state index in [-0.39, 0.29) is 23.4 Å². The predicted molar refractivity (Wildman–Crippen MR) is 81.6 cm³/mol.